The van der Waals surface area contributed by atoms with Crippen LogP contribution in [0, 0.1) is 5.82 Å². The molecule has 1 amide bonds. The molecule has 0 saturated carbocycles. The van der Waals surface area contributed by atoms with Crippen molar-refractivity contribution in [1.82, 2.24) is 9.88 Å². The van der Waals surface area contributed by atoms with E-state index < -0.39 is 5.97 Å². The average molecular weight is 288 g/mol. The number of carbonyl (C=O) groups excluding carboxylic acids is 1. The topological polar surface area (TPSA) is 70.5 Å². The first-order chi connectivity index (χ1) is 9.97. The lowest BCUT2D eigenvalue weighted by Crippen LogP contribution is -2.26. The Kier molecular flexibility index (Phi) is 4.27. The maximum absolute atomic E-state index is 12.8. The van der Waals surface area contributed by atoms with E-state index in [-0.39, 0.29) is 23.0 Å². The molecule has 0 aliphatic heterocycles. The number of hydrogen-bond acceptors (Lipinski definition) is 3. The first kappa shape index (κ1) is 14.6. The Bertz CT molecular complexity index is 671. The van der Waals surface area contributed by atoms with E-state index in [1.165, 1.54) is 35.4 Å². The van der Waals surface area contributed by atoms with E-state index in [2.05, 4.69) is 4.98 Å². The molecule has 0 unspecified atom stereocenters. The molecule has 0 aliphatic carbocycles. The normalized spacial score (nSPS) is 10.2. The quantitative estimate of drug-likeness (QED) is 0.936. The van der Waals surface area contributed by atoms with Crippen LogP contribution in [0.1, 0.15) is 26.4 Å². The molecule has 1 heterocycles. The minimum absolute atomic E-state index is 0.184. The lowest BCUT2D eigenvalue weighted by Gasteiger charge is -2.17. The fourth-order valence-electron chi connectivity index (χ4n) is 1.84. The summed E-state index contributed by atoms with van der Waals surface area (Å²) < 4.78 is 12.8. The highest BCUT2D eigenvalue weighted by Crippen LogP contribution is 2.10. The Morgan fingerprint density at radius 2 is 1.90 bits per heavy atom. The lowest BCUT2D eigenvalue weighted by atomic mass is 10.1. The molecule has 1 aromatic carbocycles. The highest BCUT2D eigenvalue weighted by atomic mass is 19.1. The lowest BCUT2D eigenvalue weighted by molar-refractivity contribution is 0.0690. The van der Waals surface area contributed by atoms with Gasteiger partial charge in [0, 0.05) is 25.4 Å². The number of amides is 1. The van der Waals surface area contributed by atoms with Crippen molar-refractivity contribution in [3.05, 3.63) is 65.2 Å². The van der Waals surface area contributed by atoms with Gasteiger partial charge in [-0.3, -0.25) is 4.79 Å². The second-order valence-electron chi connectivity index (χ2n) is 4.52. The number of aromatic carboxylic acids is 1. The summed E-state index contributed by atoms with van der Waals surface area (Å²) in [5.41, 5.74) is 0.836. The van der Waals surface area contributed by atoms with Gasteiger partial charge in [-0.05, 0) is 29.8 Å². The number of pyridine rings is 1. The molecule has 21 heavy (non-hydrogen) atoms. The zero-order valence-electron chi connectivity index (χ0n) is 11.3. The summed E-state index contributed by atoms with van der Waals surface area (Å²) in [7, 11) is 1.59. The maximum atomic E-state index is 12.8. The van der Waals surface area contributed by atoms with Crippen LogP contribution in [0.4, 0.5) is 4.39 Å². The molecule has 0 atom stereocenters. The Hall–Kier alpha value is -2.76. The number of carboxylic acids is 1. The number of halogens is 1. The van der Waals surface area contributed by atoms with Gasteiger partial charge in [-0.25, -0.2) is 14.2 Å². The number of rotatable bonds is 4. The van der Waals surface area contributed by atoms with Gasteiger partial charge in [-0.1, -0.05) is 12.1 Å². The monoisotopic (exact) mass is 288 g/mol. The summed E-state index contributed by atoms with van der Waals surface area (Å²) in [5, 5.41) is 8.87. The molecule has 0 spiro atoms. The van der Waals surface area contributed by atoms with Crippen molar-refractivity contribution in [2.45, 2.75) is 6.54 Å². The van der Waals surface area contributed by atoms with Crippen LogP contribution in [-0.4, -0.2) is 33.9 Å². The van der Waals surface area contributed by atoms with Crippen LogP contribution in [0.3, 0.4) is 0 Å². The summed E-state index contributed by atoms with van der Waals surface area (Å²) >= 11 is 0. The molecule has 1 N–H and O–H groups in total. The van der Waals surface area contributed by atoms with Gasteiger partial charge in [0.25, 0.3) is 5.91 Å². The van der Waals surface area contributed by atoms with Crippen LogP contribution in [0.5, 0.6) is 0 Å². The second kappa shape index (κ2) is 6.13. The van der Waals surface area contributed by atoms with Gasteiger partial charge < -0.3 is 10.0 Å². The predicted molar refractivity (Wildman–Crippen MR) is 73.4 cm³/mol. The van der Waals surface area contributed by atoms with E-state index in [1.54, 1.807) is 19.2 Å². The number of nitrogens with zero attached hydrogens (tertiary/aromatic N) is 2. The van der Waals surface area contributed by atoms with Gasteiger partial charge in [-0.2, -0.15) is 0 Å². The van der Waals surface area contributed by atoms with E-state index in [0.717, 1.165) is 5.56 Å². The molecule has 6 heteroatoms. The van der Waals surface area contributed by atoms with Crippen LogP contribution in [0.2, 0.25) is 0 Å². The predicted octanol–water partition coefficient (Wildman–Crippen LogP) is 2.19. The summed E-state index contributed by atoms with van der Waals surface area (Å²) in [6.45, 7) is 0.295. The van der Waals surface area contributed by atoms with Crippen LogP contribution < -0.4 is 0 Å². The zero-order valence-corrected chi connectivity index (χ0v) is 11.3. The highest BCUT2D eigenvalue weighted by Gasteiger charge is 2.14. The molecule has 0 aliphatic rings. The molecule has 0 bridgehead atoms. The number of benzene rings is 1. The van der Waals surface area contributed by atoms with Crippen molar-refractivity contribution in [1.29, 1.82) is 0 Å². The molecule has 2 aromatic rings. The fourth-order valence-corrected chi connectivity index (χ4v) is 1.84. The fraction of sp³-hybridized carbons (Fsp3) is 0.133. The standard InChI is InChI=1S/C15H13FN2O3/c1-18(9-10-2-4-12(16)5-3-10)14(19)11-6-7-17-13(8-11)15(20)21/h2-8H,9H2,1H3,(H,20,21). The van der Waals surface area contributed by atoms with Gasteiger partial charge in [0.1, 0.15) is 11.5 Å². The first-order valence-corrected chi connectivity index (χ1v) is 6.16. The molecule has 2 rings (SSSR count). The second-order valence-corrected chi connectivity index (χ2v) is 4.52. The summed E-state index contributed by atoms with van der Waals surface area (Å²) in [4.78, 5) is 28.2. The maximum Gasteiger partial charge on any atom is 0.354 e. The molecule has 0 saturated heterocycles. The smallest absolute Gasteiger partial charge is 0.354 e. The van der Waals surface area contributed by atoms with Crippen LogP contribution in [0.15, 0.2) is 42.6 Å². The minimum atomic E-state index is -1.19. The van der Waals surface area contributed by atoms with Crippen molar-refractivity contribution in [3.8, 4) is 0 Å². The molecule has 0 radical (unpaired) electrons. The molecule has 0 fully saturated rings. The van der Waals surface area contributed by atoms with Gasteiger partial charge in [0.2, 0.25) is 0 Å². The van der Waals surface area contributed by atoms with Crippen molar-refractivity contribution in [2.24, 2.45) is 0 Å². The third kappa shape index (κ3) is 3.62. The SMILES string of the molecule is CN(Cc1ccc(F)cc1)C(=O)c1ccnc(C(=O)O)c1. The molecule has 5 nitrogen and oxygen atoms in total. The number of aromatic nitrogens is 1. The third-order valence-corrected chi connectivity index (χ3v) is 2.91. The molecular formula is C15H13FN2O3. The molecular weight excluding hydrogens is 275 g/mol. The zero-order chi connectivity index (χ0) is 15.4. The van der Waals surface area contributed by atoms with Crippen molar-refractivity contribution in [3.63, 3.8) is 0 Å². The average Bonchev–Trinajstić information content (AvgIpc) is 2.49. The van der Waals surface area contributed by atoms with Crippen molar-refractivity contribution in [2.75, 3.05) is 7.05 Å². The van der Waals surface area contributed by atoms with Crippen molar-refractivity contribution < 1.29 is 19.1 Å². The van der Waals surface area contributed by atoms with E-state index in [1.807, 2.05) is 0 Å². The number of carbonyl (C=O) groups is 2. The van der Waals surface area contributed by atoms with E-state index >= 15 is 0 Å². The Balaban J connectivity index is 2.13. The van der Waals surface area contributed by atoms with Gasteiger partial charge in [0.05, 0.1) is 0 Å². The summed E-state index contributed by atoms with van der Waals surface area (Å²) in [5.74, 6) is -1.86. The first-order valence-electron chi connectivity index (χ1n) is 6.16. The van der Waals surface area contributed by atoms with Gasteiger partial charge in [0.15, 0.2) is 0 Å². The Morgan fingerprint density at radius 3 is 2.52 bits per heavy atom. The Morgan fingerprint density at radius 1 is 1.24 bits per heavy atom. The van der Waals surface area contributed by atoms with Crippen LogP contribution in [-0.2, 0) is 6.54 Å². The third-order valence-electron chi connectivity index (χ3n) is 2.91. The van der Waals surface area contributed by atoms with Gasteiger partial charge in [-0.15, -0.1) is 0 Å². The van der Waals surface area contributed by atoms with E-state index in [0.29, 0.717) is 6.54 Å². The van der Waals surface area contributed by atoms with E-state index in [9.17, 15) is 14.0 Å². The molecule has 108 valence electrons. The molecule has 1 aromatic heterocycles. The van der Waals surface area contributed by atoms with Crippen LogP contribution >= 0.6 is 0 Å². The van der Waals surface area contributed by atoms with Crippen LogP contribution in [0.25, 0.3) is 0 Å². The van der Waals surface area contributed by atoms with Crippen molar-refractivity contribution >= 4 is 11.9 Å². The number of hydrogen-bond donors (Lipinski definition) is 1. The minimum Gasteiger partial charge on any atom is -0.477 e. The Labute approximate surface area is 120 Å². The highest BCUT2D eigenvalue weighted by molar-refractivity contribution is 5.96. The van der Waals surface area contributed by atoms with E-state index in [4.69, 9.17) is 5.11 Å². The summed E-state index contributed by atoms with van der Waals surface area (Å²) in [6.07, 6.45) is 1.28. The number of carboxylic acid groups (broad SMARTS) is 1. The largest absolute Gasteiger partial charge is 0.477 e. The van der Waals surface area contributed by atoms with Gasteiger partial charge >= 0.3 is 5.97 Å². The summed E-state index contributed by atoms with van der Waals surface area (Å²) in [6, 6.07) is 8.51.